The summed E-state index contributed by atoms with van der Waals surface area (Å²) in [4.78, 5) is 18.7. The smallest absolute Gasteiger partial charge is 0.310 e. The molecular formula is C14H20ClN3O2. The quantitative estimate of drug-likeness (QED) is 0.780. The van der Waals surface area contributed by atoms with Crippen molar-refractivity contribution in [2.75, 3.05) is 27.2 Å². The first-order valence-electron chi connectivity index (χ1n) is 7.11. The molecule has 0 N–H and O–H groups in total. The molecule has 20 heavy (non-hydrogen) atoms. The SMILES string of the molecule is COC(=O)C1CCc2c(Cl)nc(C3CCN(C)C3)n2C1. The van der Waals surface area contributed by atoms with Gasteiger partial charge in [-0.15, -0.1) is 0 Å². The van der Waals surface area contributed by atoms with E-state index in [1.165, 1.54) is 7.11 Å². The third-order valence-corrected chi connectivity index (χ3v) is 4.78. The van der Waals surface area contributed by atoms with E-state index in [1.807, 2.05) is 0 Å². The van der Waals surface area contributed by atoms with Crippen LogP contribution >= 0.6 is 11.6 Å². The number of carbonyl (C=O) groups is 1. The van der Waals surface area contributed by atoms with Crippen LogP contribution in [0, 0.1) is 5.92 Å². The van der Waals surface area contributed by atoms with Gasteiger partial charge in [-0.1, -0.05) is 11.6 Å². The van der Waals surface area contributed by atoms with Gasteiger partial charge in [0, 0.05) is 19.0 Å². The van der Waals surface area contributed by atoms with Crippen LogP contribution in [0.4, 0.5) is 0 Å². The highest BCUT2D eigenvalue weighted by Gasteiger charge is 2.33. The molecule has 1 aromatic rings. The summed E-state index contributed by atoms with van der Waals surface area (Å²) in [6.07, 6.45) is 2.70. The number of imidazole rings is 1. The molecule has 3 rings (SSSR count). The van der Waals surface area contributed by atoms with E-state index in [0.29, 0.717) is 17.6 Å². The molecule has 1 fully saturated rings. The Labute approximate surface area is 123 Å². The molecule has 1 aromatic heterocycles. The zero-order valence-electron chi connectivity index (χ0n) is 11.9. The number of likely N-dealkylation sites (tertiary alicyclic amines) is 1. The van der Waals surface area contributed by atoms with E-state index in [4.69, 9.17) is 16.3 Å². The van der Waals surface area contributed by atoms with Crippen LogP contribution in [0.1, 0.15) is 30.3 Å². The van der Waals surface area contributed by atoms with Crippen molar-refractivity contribution in [3.05, 3.63) is 16.7 Å². The van der Waals surface area contributed by atoms with Gasteiger partial charge in [0.05, 0.1) is 18.7 Å². The Bertz CT molecular complexity index is 529. The van der Waals surface area contributed by atoms with Crippen LogP contribution in [0.2, 0.25) is 5.15 Å². The van der Waals surface area contributed by atoms with Crippen molar-refractivity contribution in [3.63, 3.8) is 0 Å². The number of halogens is 1. The average molecular weight is 298 g/mol. The zero-order chi connectivity index (χ0) is 14.3. The lowest BCUT2D eigenvalue weighted by molar-refractivity contribution is -0.146. The number of fused-ring (bicyclic) bond motifs is 1. The first-order valence-corrected chi connectivity index (χ1v) is 7.49. The second kappa shape index (κ2) is 5.37. The summed E-state index contributed by atoms with van der Waals surface area (Å²) < 4.78 is 7.04. The summed E-state index contributed by atoms with van der Waals surface area (Å²) >= 11 is 6.28. The first kappa shape index (κ1) is 13.9. The van der Waals surface area contributed by atoms with Crippen LogP contribution in [0.3, 0.4) is 0 Å². The fourth-order valence-electron chi connectivity index (χ4n) is 3.36. The Morgan fingerprint density at radius 3 is 2.85 bits per heavy atom. The molecule has 0 spiro atoms. The minimum Gasteiger partial charge on any atom is -0.469 e. The number of esters is 1. The number of methoxy groups -OCH3 is 1. The topological polar surface area (TPSA) is 47.4 Å². The Morgan fingerprint density at radius 1 is 1.40 bits per heavy atom. The van der Waals surface area contributed by atoms with Crippen molar-refractivity contribution in [3.8, 4) is 0 Å². The van der Waals surface area contributed by atoms with Crippen LogP contribution in [0.15, 0.2) is 0 Å². The van der Waals surface area contributed by atoms with Crippen molar-refractivity contribution < 1.29 is 9.53 Å². The van der Waals surface area contributed by atoms with E-state index in [-0.39, 0.29) is 11.9 Å². The second-order valence-electron chi connectivity index (χ2n) is 5.82. The van der Waals surface area contributed by atoms with Crippen molar-refractivity contribution in [1.82, 2.24) is 14.5 Å². The highest BCUT2D eigenvalue weighted by Crippen LogP contribution is 2.33. The number of ether oxygens (including phenoxy) is 1. The molecule has 1 saturated heterocycles. The maximum absolute atomic E-state index is 11.8. The van der Waals surface area contributed by atoms with E-state index in [0.717, 1.165) is 43.9 Å². The molecule has 5 nitrogen and oxygen atoms in total. The van der Waals surface area contributed by atoms with Gasteiger partial charge in [-0.25, -0.2) is 4.98 Å². The molecule has 0 aromatic carbocycles. The molecule has 0 aliphatic carbocycles. The fraction of sp³-hybridized carbons (Fsp3) is 0.714. The third-order valence-electron chi connectivity index (χ3n) is 4.48. The van der Waals surface area contributed by atoms with Crippen molar-refractivity contribution in [2.24, 2.45) is 5.92 Å². The van der Waals surface area contributed by atoms with Gasteiger partial charge in [0.15, 0.2) is 5.15 Å². The summed E-state index contributed by atoms with van der Waals surface area (Å²) in [6.45, 7) is 2.75. The molecule has 2 atom stereocenters. The number of carbonyl (C=O) groups excluding carboxylic acids is 1. The maximum atomic E-state index is 11.8. The molecule has 0 amide bonds. The summed E-state index contributed by atoms with van der Waals surface area (Å²) in [5.41, 5.74) is 1.08. The largest absolute Gasteiger partial charge is 0.469 e. The van der Waals surface area contributed by atoms with E-state index in [9.17, 15) is 4.79 Å². The molecule has 2 unspecified atom stereocenters. The number of aromatic nitrogens is 2. The van der Waals surface area contributed by atoms with Crippen LogP contribution < -0.4 is 0 Å². The van der Waals surface area contributed by atoms with Gasteiger partial charge in [-0.05, 0) is 32.9 Å². The maximum Gasteiger partial charge on any atom is 0.310 e. The molecule has 0 bridgehead atoms. The van der Waals surface area contributed by atoms with Crippen LogP contribution in [-0.4, -0.2) is 47.7 Å². The van der Waals surface area contributed by atoms with Crippen LogP contribution in [0.25, 0.3) is 0 Å². The molecule has 0 saturated carbocycles. The van der Waals surface area contributed by atoms with Gasteiger partial charge in [-0.2, -0.15) is 0 Å². The lowest BCUT2D eigenvalue weighted by atomic mass is 9.97. The second-order valence-corrected chi connectivity index (χ2v) is 6.18. The van der Waals surface area contributed by atoms with Crippen molar-refractivity contribution >= 4 is 17.6 Å². The lowest BCUT2D eigenvalue weighted by Crippen LogP contribution is -2.29. The monoisotopic (exact) mass is 297 g/mol. The summed E-state index contributed by atoms with van der Waals surface area (Å²) in [6, 6.07) is 0. The van der Waals surface area contributed by atoms with Gasteiger partial charge in [0.2, 0.25) is 0 Å². The number of likely N-dealkylation sites (N-methyl/N-ethyl adjacent to an activating group) is 1. The third kappa shape index (κ3) is 2.33. The molecule has 2 aliphatic rings. The van der Waals surface area contributed by atoms with Gasteiger partial charge >= 0.3 is 5.97 Å². The fourth-order valence-corrected chi connectivity index (χ4v) is 3.64. The molecule has 3 heterocycles. The normalized spacial score (nSPS) is 26.6. The molecule has 0 radical (unpaired) electrons. The standard InChI is InChI=1S/C14H20ClN3O2/c1-17-6-5-9(7-17)13-16-12(15)11-4-3-10(8-18(11)13)14(19)20-2/h9-10H,3-8H2,1-2H3. The highest BCUT2D eigenvalue weighted by molar-refractivity contribution is 6.30. The van der Waals surface area contributed by atoms with E-state index in [2.05, 4.69) is 21.5 Å². The van der Waals surface area contributed by atoms with Crippen LogP contribution in [-0.2, 0) is 22.5 Å². The lowest BCUT2D eigenvalue weighted by Gasteiger charge is -2.25. The number of hydrogen-bond acceptors (Lipinski definition) is 4. The summed E-state index contributed by atoms with van der Waals surface area (Å²) in [5.74, 6) is 1.26. The Morgan fingerprint density at radius 2 is 2.20 bits per heavy atom. The molecule has 2 aliphatic heterocycles. The van der Waals surface area contributed by atoms with Gasteiger partial charge in [0.1, 0.15) is 5.82 Å². The Balaban J connectivity index is 1.89. The van der Waals surface area contributed by atoms with E-state index >= 15 is 0 Å². The minimum atomic E-state index is -0.130. The average Bonchev–Trinajstić information content (AvgIpc) is 3.02. The predicted octanol–water partition coefficient (Wildman–Crippen LogP) is 1.69. The summed E-state index contributed by atoms with van der Waals surface area (Å²) in [5, 5.41) is 0.609. The zero-order valence-corrected chi connectivity index (χ0v) is 12.7. The predicted molar refractivity (Wildman–Crippen MR) is 75.9 cm³/mol. The highest BCUT2D eigenvalue weighted by atomic mass is 35.5. The van der Waals surface area contributed by atoms with Gasteiger partial charge < -0.3 is 14.2 Å². The van der Waals surface area contributed by atoms with Crippen LogP contribution in [0.5, 0.6) is 0 Å². The number of rotatable bonds is 2. The number of nitrogens with zero attached hydrogens (tertiary/aromatic N) is 3. The molecular weight excluding hydrogens is 278 g/mol. The van der Waals surface area contributed by atoms with E-state index in [1.54, 1.807) is 0 Å². The summed E-state index contributed by atoms with van der Waals surface area (Å²) in [7, 11) is 3.57. The van der Waals surface area contributed by atoms with Gasteiger partial charge in [-0.3, -0.25) is 4.79 Å². The van der Waals surface area contributed by atoms with Crippen molar-refractivity contribution in [2.45, 2.75) is 31.7 Å². The molecule has 6 heteroatoms. The molecule has 110 valence electrons. The first-order chi connectivity index (χ1) is 9.60. The van der Waals surface area contributed by atoms with E-state index < -0.39 is 0 Å². The Kier molecular flexibility index (Phi) is 3.73. The number of hydrogen-bond donors (Lipinski definition) is 0. The minimum absolute atomic E-state index is 0.0735. The Hall–Kier alpha value is -1.07. The van der Waals surface area contributed by atoms with Gasteiger partial charge in [0.25, 0.3) is 0 Å². The van der Waals surface area contributed by atoms with Crippen molar-refractivity contribution in [1.29, 1.82) is 0 Å².